The topological polar surface area (TPSA) is 96.5 Å². The highest BCUT2D eigenvalue weighted by molar-refractivity contribution is 7.92. The Kier molecular flexibility index (Phi) is 6.67. The molecule has 0 fully saturated rings. The predicted octanol–water partition coefficient (Wildman–Crippen LogP) is 4.92. The normalized spacial score (nSPS) is 13.3. The van der Waals surface area contributed by atoms with Crippen LogP contribution in [0.15, 0.2) is 83.9 Å². The van der Waals surface area contributed by atoms with Crippen molar-refractivity contribution >= 4 is 44.4 Å². The first kappa shape index (κ1) is 24.5. The molecule has 1 aliphatic heterocycles. The summed E-state index contributed by atoms with van der Waals surface area (Å²) in [6.07, 6.45) is 5.91. The SMILES string of the molecule is CCc1cccc2c(C(=O)COC(=O)C=Cc3ccc(S(=O)(=O)N4CCc5ccccc54)cc3)c[nH]c12. The van der Waals surface area contributed by atoms with Crippen LogP contribution in [0.4, 0.5) is 5.69 Å². The minimum atomic E-state index is -3.68. The van der Waals surface area contributed by atoms with Crippen LogP contribution in [0.3, 0.4) is 0 Å². The number of Topliss-reactive ketones (excluding diaryl/α,β-unsaturated/α-hetero) is 1. The van der Waals surface area contributed by atoms with E-state index in [0.717, 1.165) is 28.5 Å². The fraction of sp³-hybridized carbons (Fsp3) is 0.172. The highest BCUT2D eigenvalue weighted by atomic mass is 32.2. The smallest absolute Gasteiger partial charge is 0.331 e. The molecule has 0 unspecified atom stereocenters. The van der Waals surface area contributed by atoms with E-state index >= 15 is 0 Å². The molecule has 37 heavy (non-hydrogen) atoms. The summed E-state index contributed by atoms with van der Waals surface area (Å²) in [6, 6.07) is 19.6. The van der Waals surface area contributed by atoms with E-state index in [-0.39, 0.29) is 17.3 Å². The number of anilines is 1. The van der Waals surface area contributed by atoms with Crippen molar-refractivity contribution in [2.45, 2.75) is 24.7 Å². The Morgan fingerprint density at radius 1 is 1.03 bits per heavy atom. The summed E-state index contributed by atoms with van der Waals surface area (Å²) < 4.78 is 32.8. The number of hydrogen-bond donors (Lipinski definition) is 1. The van der Waals surface area contributed by atoms with Gasteiger partial charge in [0.2, 0.25) is 5.78 Å². The van der Waals surface area contributed by atoms with E-state index in [1.54, 1.807) is 18.3 Å². The van der Waals surface area contributed by atoms with Gasteiger partial charge in [0, 0.05) is 35.3 Å². The number of ether oxygens (including phenoxy) is 1. The van der Waals surface area contributed by atoms with Gasteiger partial charge in [0.25, 0.3) is 10.0 Å². The molecule has 0 amide bonds. The fourth-order valence-corrected chi connectivity index (χ4v) is 6.11. The number of hydrogen-bond acceptors (Lipinski definition) is 5. The van der Waals surface area contributed by atoms with Gasteiger partial charge in [-0.1, -0.05) is 55.5 Å². The van der Waals surface area contributed by atoms with Gasteiger partial charge in [-0.2, -0.15) is 0 Å². The maximum atomic E-state index is 13.1. The van der Waals surface area contributed by atoms with Crippen LogP contribution in [-0.4, -0.2) is 38.3 Å². The number of aryl methyl sites for hydroxylation is 1. The van der Waals surface area contributed by atoms with Gasteiger partial charge in [-0.25, -0.2) is 13.2 Å². The lowest BCUT2D eigenvalue weighted by atomic mass is 10.1. The number of sulfonamides is 1. The van der Waals surface area contributed by atoms with Crippen molar-refractivity contribution in [3.63, 3.8) is 0 Å². The van der Waals surface area contributed by atoms with E-state index in [2.05, 4.69) is 4.98 Å². The summed E-state index contributed by atoms with van der Waals surface area (Å²) in [7, 11) is -3.68. The minimum absolute atomic E-state index is 0.180. The van der Waals surface area contributed by atoms with Crippen LogP contribution in [0, 0.1) is 0 Å². The summed E-state index contributed by atoms with van der Waals surface area (Å²) >= 11 is 0. The number of nitrogens with zero attached hydrogens (tertiary/aromatic N) is 1. The molecule has 0 saturated carbocycles. The number of fused-ring (bicyclic) bond motifs is 2. The number of carbonyl (C=O) groups is 2. The Morgan fingerprint density at radius 2 is 1.81 bits per heavy atom. The molecule has 8 heteroatoms. The second-order valence-electron chi connectivity index (χ2n) is 8.78. The molecule has 0 radical (unpaired) electrons. The third-order valence-electron chi connectivity index (χ3n) is 6.55. The van der Waals surface area contributed by atoms with Gasteiger partial charge in [-0.15, -0.1) is 0 Å². The maximum absolute atomic E-state index is 13.1. The van der Waals surface area contributed by atoms with Crippen molar-refractivity contribution < 1.29 is 22.7 Å². The van der Waals surface area contributed by atoms with Crippen molar-refractivity contribution in [2.75, 3.05) is 17.5 Å². The first-order chi connectivity index (χ1) is 17.9. The number of aromatic nitrogens is 1. The molecule has 0 bridgehead atoms. The monoisotopic (exact) mass is 514 g/mol. The number of carbonyl (C=O) groups excluding carboxylic acids is 2. The highest BCUT2D eigenvalue weighted by Crippen LogP contribution is 2.32. The Balaban J connectivity index is 1.21. The Hall–Kier alpha value is -4.17. The van der Waals surface area contributed by atoms with Crippen LogP contribution in [0.1, 0.15) is 34.0 Å². The van der Waals surface area contributed by atoms with E-state index in [4.69, 9.17) is 4.74 Å². The van der Waals surface area contributed by atoms with Crippen LogP contribution in [0.5, 0.6) is 0 Å². The summed E-state index contributed by atoms with van der Waals surface area (Å²) in [5.41, 5.74) is 4.87. The average Bonchev–Trinajstić information content (AvgIpc) is 3.56. The van der Waals surface area contributed by atoms with Gasteiger partial charge in [-0.05, 0) is 53.8 Å². The Bertz CT molecular complexity index is 1620. The van der Waals surface area contributed by atoms with Crippen molar-refractivity contribution in [2.24, 2.45) is 0 Å². The molecule has 0 spiro atoms. The van der Waals surface area contributed by atoms with E-state index < -0.39 is 16.0 Å². The summed E-state index contributed by atoms with van der Waals surface area (Å²) in [4.78, 5) is 28.2. The number of para-hydroxylation sites is 2. The molecule has 1 aromatic heterocycles. The van der Waals surface area contributed by atoms with Gasteiger partial charge < -0.3 is 9.72 Å². The standard InChI is InChI=1S/C29H26N2O5S/c1-2-21-7-5-8-24-25(18-30-29(21)24)27(32)19-36-28(33)15-12-20-10-13-23(14-11-20)37(34,35)31-17-16-22-6-3-4-9-26(22)31/h3-15,18,30H,2,16-17,19H2,1H3. The third-order valence-corrected chi connectivity index (χ3v) is 8.38. The number of aromatic amines is 1. The third kappa shape index (κ3) is 4.80. The van der Waals surface area contributed by atoms with Gasteiger partial charge in [-0.3, -0.25) is 9.10 Å². The van der Waals surface area contributed by atoms with Gasteiger partial charge in [0.05, 0.1) is 10.6 Å². The van der Waals surface area contributed by atoms with Gasteiger partial charge in [0.1, 0.15) is 0 Å². The number of nitrogens with one attached hydrogen (secondary N) is 1. The summed E-state index contributed by atoms with van der Waals surface area (Å²) in [5.74, 6) is -0.952. The fourth-order valence-electron chi connectivity index (χ4n) is 4.61. The molecular weight excluding hydrogens is 488 g/mol. The van der Waals surface area contributed by atoms with Crippen LogP contribution < -0.4 is 4.31 Å². The maximum Gasteiger partial charge on any atom is 0.331 e. The molecule has 3 aromatic carbocycles. The van der Waals surface area contributed by atoms with E-state index in [1.165, 1.54) is 28.6 Å². The number of rotatable bonds is 8. The molecule has 2 heterocycles. The Morgan fingerprint density at radius 3 is 2.59 bits per heavy atom. The van der Waals surface area contributed by atoms with Gasteiger partial charge >= 0.3 is 5.97 Å². The molecule has 1 aliphatic rings. The van der Waals surface area contributed by atoms with Crippen LogP contribution in [0.25, 0.3) is 17.0 Å². The first-order valence-corrected chi connectivity index (χ1v) is 13.5. The molecule has 1 N–H and O–H groups in total. The molecule has 7 nitrogen and oxygen atoms in total. The molecule has 4 aromatic rings. The van der Waals surface area contributed by atoms with Crippen molar-refractivity contribution in [3.05, 3.63) is 101 Å². The first-order valence-electron chi connectivity index (χ1n) is 12.1. The number of ketones is 1. The molecule has 0 aliphatic carbocycles. The largest absolute Gasteiger partial charge is 0.454 e. The van der Waals surface area contributed by atoms with Crippen LogP contribution >= 0.6 is 0 Å². The van der Waals surface area contributed by atoms with E-state index in [9.17, 15) is 18.0 Å². The minimum Gasteiger partial charge on any atom is -0.454 e. The van der Waals surface area contributed by atoms with Crippen molar-refractivity contribution in [1.82, 2.24) is 4.98 Å². The van der Waals surface area contributed by atoms with Crippen molar-refractivity contribution in [3.8, 4) is 0 Å². The zero-order valence-electron chi connectivity index (χ0n) is 20.3. The molecule has 188 valence electrons. The molecular formula is C29H26N2O5S. The lowest BCUT2D eigenvalue weighted by Gasteiger charge is -2.19. The number of H-pyrrole nitrogens is 1. The second kappa shape index (κ2) is 10.1. The second-order valence-corrected chi connectivity index (χ2v) is 10.6. The number of benzene rings is 3. The zero-order chi connectivity index (χ0) is 26.0. The molecule has 5 rings (SSSR count). The predicted molar refractivity (Wildman–Crippen MR) is 143 cm³/mol. The lowest BCUT2D eigenvalue weighted by molar-refractivity contribution is -0.136. The average molecular weight is 515 g/mol. The van der Waals surface area contributed by atoms with E-state index in [0.29, 0.717) is 29.8 Å². The quantitative estimate of drug-likeness (QED) is 0.205. The Labute approximate surface area is 215 Å². The van der Waals surface area contributed by atoms with Gasteiger partial charge in [0.15, 0.2) is 6.61 Å². The van der Waals surface area contributed by atoms with E-state index in [1.807, 2.05) is 49.4 Å². The zero-order valence-corrected chi connectivity index (χ0v) is 21.1. The number of esters is 1. The summed E-state index contributed by atoms with van der Waals surface area (Å²) in [5, 5.41) is 0.809. The lowest BCUT2D eigenvalue weighted by Crippen LogP contribution is -2.29. The van der Waals surface area contributed by atoms with Crippen LogP contribution in [-0.2, 0) is 32.4 Å². The molecule has 0 atom stereocenters. The van der Waals surface area contributed by atoms with Crippen molar-refractivity contribution in [1.29, 1.82) is 0 Å². The molecule has 0 saturated heterocycles. The summed E-state index contributed by atoms with van der Waals surface area (Å²) in [6.45, 7) is 2.08. The highest BCUT2D eigenvalue weighted by Gasteiger charge is 2.30. The van der Waals surface area contributed by atoms with Crippen LogP contribution in [0.2, 0.25) is 0 Å².